The Bertz CT molecular complexity index is 97.5. The maximum atomic E-state index is 9.80. The quantitative estimate of drug-likeness (QED) is 0.275. The Morgan fingerprint density at radius 3 is 2.75 bits per heavy atom. The van der Waals surface area contributed by atoms with Crippen LogP contribution >= 0.6 is 0 Å². The summed E-state index contributed by atoms with van der Waals surface area (Å²) in [6.07, 6.45) is -0.581. The van der Waals surface area contributed by atoms with Crippen LogP contribution in [0.1, 0.15) is 6.42 Å². The molecule has 0 aromatic carbocycles. The molecule has 0 N–H and O–H groups in total. The van der Waals surface area contributed by atoms with Gasteiger partial charge >= 0.3 is 6.23 Å². The number of hydrogen-bond acceptors (Lipinski definition) is 4. The summed E-state index contributed by atoms with van der Waals surface area (Å²) in [5, 5.41) is 9.80. The molecule has 1 saturated heterocycles. The fourth-order valence-corrected chi connectivity index (χ4v) is 0.464. The van der Waals surface area contributed by atoms with Crippen molar-refractivity contribution in [3.05, 3.63) is 10.1 Å². The monoisotopic (exact) mass is 119 g/mol. The first-order chi connectivity index (χ1) is 3.80. The van der Waals surface area contributed by atoms with Crippen molar-refractivity contribution in [2.45, 2.75) is 12.6 Å². The summed E-state index contributed by atoms with van der Waals surface area (Å²) >= 11 is 0. The van der Waals surface area contributed by atoms with Crippen LogP contribution in [0.2, 0.25) is 0 Å². The Hall–Kier alpha value is -0.680. The third-order valence-electron chi connectivity index (χ3n) is 0.862. The van der Waals surface area contributed by atoms with Gasteiger partial charge in [-0.25, -0.2) is 4.89 Å². The highest BCUT2D eigenvalue weighted by Gasteiger charge is 2.27. The van der Waals surface area contributed by atoms with Gasteiger partial charge in [0.25, 0.3) is 0 Å². The van der Waals surface area contributed by atoms with Crippen molar-refractivity contribution >= 4 is 0 Å². The van der Waals surface area contributed by atoms with Gasteiger partial charge in [-0.15, -0.1) is 0 Å². The van der Waals surface area contributed by atoms with Gasteiger partial charge in [0.15, 0.2) is 0 Å². The zero-order valence-corrected chi connectivity index (χ0v) is 4.07. The lowest BCUT2D eigenvalue weighted by Gasteiger charge is -1.93. The van der Waals surface area contributed by atoms with Crippen LogP contribution in [0.5, 0.6) is 0 Å². The Morgan fingerprint density at radius 2 is 2.50 bits per heavy atom. The minimum atomic E-state index is -0.935. The first-order valence-corrected chi connectivity index (χ1v) is 2.22. The minimum Gasteiger partial charge on any atom is -0.262 e. The molecule has 5 heteroatoms. The lowest BCUT2D eigenvalue weighted by atomic mass is 10.4. The summed E-state index contributed by atoms with van der Waals surface area (Å²) in [5.41, 5.74) is 0. The number of nitro groups is 1. The molecule has 1 heterocycles. The molecule has 0 spiro atoms. The van der Waals surface area contributed by atoms with Crippen LogP contribution in [0.15, 0.2) is 0 Å². The second-order valence-electron chi connectivity index (χ2n) is 1.45. The van der Waals surface area contributed by atoms with Crippen molar-refractivity contribution in [3.8, 4) is 0 Å². The molecule has 1 rings (SSSR count). The number of hydrogen-bond donors (Lipinski definition) is 0. The molecule has 0 aliphatic carbocycles. The standard InChI is InChI=1S/C3H5NO4/c5-4(6)3-1-2-7-8-3/h3H,1-2H2. The van der Waals surface area contributed by atoms with E-state index < -0.39 is 11.2 Å². The molecule has 0 aromatic rings. The topological polar surface area (TPSA) is 61.6 Å². The lowest BCUT2D eigenvalue weighted by molar-refractivity contribution is -0.600. The van der Waals surface area contributed by atoms with Gasteiger partial charge in [-0.05, 0) is 0 Å². The van der Waals surface area contributed by atoms with E-state index in [0.717, 1.165) is 0 Å². The third kappa shape index (κ3) is 0.932. The SMILES string of the molecule is O=[N+]([O-])C1CCOO1. The van der Waals surface area contributed by atoms with Crippen molar-refractivity contribution in [2.75, 3.05) is 6.61 Å². The van der Waals surface area contributed by atoms with E-state index in [2.05, 4.69) is 9.78 Å². The van der Waals surface area contributed by atoms with E-state index in [0.29, 0.717) is 13.0 Å². The average molecular weight is 119 g/mol. The summed E-state index contributed by atoms with van der Waals surface area (Å²) in [6.45, 7) is 0.325. The number of rotatable bonds is 1. The second kappa shape index (κ2) is 2.06. The van der Waals surface area contributed by atoms with Crippen molar-refractivity contribution in [3.63, 3.8) is 0 Å². The van der Waals surface area contributed by atoms with E-state index >= 15 is 0 Å². The highest BCUT2D eigenvalue weighted by molar-refractivity contribution is 4.42. The average Bonchev–Trinajstić information content (AvgIpc) is 2.12. The minimum absolute atomic E-state index is 0.325. The summed E-state index contributed by atoms with van der Waals surface area (Å²) in [5.74, 6) is 0. The first kappa shape index (κ1) is 5.46. The largest absolute Gasteiger partial charge is 0.344 e. The predicted molar refractivity (Wildman–Crippen MR) is 22.4 cm³/mol. The molecule has 0 bridgehead atoms. The summed E-state index contributed by atoms with van der Waals surface area (Å²) in [7, 11) is 0. The molecular weight excluding hydrogens is 114 g/mol. The van der Waals surface area contributed by atoms with Gasteiger partial charge in [0.1, 0.15) is 0 Å². The summed E-state index contributed by atoms with van der Waals surface area (Å²) in [6, 6.07) is 0. The van der Waals surface area contributed by atoms with Crippen molar-refractivity contribution in [1.82, 2.24) is 0 Å². The maximum absolute atomic E-state index is 9.80. The van der Waals surface area contributed by atoms with Gasteiger partial charge in [-0.1, -0.05) is 0 Å². The van der Waals surface area contributed by atoms with Crippen LogP contribution in [0, 0.1) is 10.1 Å². The highest BCUT2D eigenvalue weighted by atomic mass is 17.2. The molecule has 46 valence electrons. The van der Waals surface area contributed by atoms with Crippen molar-refractivity contribution in [1.29, 1.82) is 0 Å². The number of nitrogens with zero attached hydrogens (tertiary/aromatic N) is 1. The Labute approximate surface area is 45.3 Å². The van der Waals surface area contributed by atoms with Crippen molar-refractivity contribution in [2.24, 2.45) is 0 Å². The molecule has 1 aliphatic heterocycles. The molecule has 0 amide bonds. The Kier molecular flexibility index (Phi) is 1.40. The van der Waals surface area contributed by atoms with Gasteiger partial charge < -0.3 is 0 Å². The normalized spacial score (nSPS) is 28.2. The summed E-state index contributed by atoms with van der Waals surface area (Å²) in [4.78, 5) is 17.8. The summed E-state index contributed by atoms with van der Waals surface area (Å²) < 4.78 is 0. The van der Waals surface area contributed by atoms with Gasteiger partial charge in [0.05, 0.1) is 18.0 Å². The molecule has 5 nitrogen and oxygen atoms in total. The molecule has 0 aromatic heterocycles. The molecule has 8 heavy (non-hydrogen) atoms. The van der Waals surface area contributed by atoms with E-state index in [1.807, 2.05) is 0 Å². The van der Waals surface area contributed by atoms with Crippen LogP contribution in [-0.2, 0) is 9.78 Å². The van der Waals surface area contributed by atoms with Crippen LogP contribution in [0.3, 0.4) is 0 Å². The molecule has 1 unspecified atom stereocenters. The molecule has 1 aliphatic rings. The predicted octanol–water partition coefficient (Wildman–Crippen LogP) is -0.0589. The van der Waals surface area contributed by atoms with Crippen LogP contribution < -0.4 is 0 Å². The van der Waals surface area contributed by atoms with Gasteiger partial charge in [-0.2, -0.15) is 4.89 Å². The molecule has 0 radical (unpaired) electrons. The van der Waals surface area contributed by atoms with Gasteiger partial charge in [0.2, 0.25) is 0 Å². The first-order valence-electron chi connectivity index (χ1n) is 2.22. The van der Waals surface area contributed by atoms with Crippen molar-refractivity contribution < 1.29 is 14.7 Å². The highest BCUT2D eigenvalue weighted by Crippen LogP contribution is 2.07. The van der Waals surface area contributed by atoms with Crippen LogP contribution in [0.25, 0.3) is 0 Å². The molecule has 1 atom stereocenters. The fourth-order valence-electron chi connectivity index (χ4n) is 0.464. The Balaban J connectivity index is 2.35. The van der Waals surface area contributed by atoms with E-state index in [9.17, 15) is 10.1 Å². The molecule has 0 saturated carbocycles. The zero-order chi connectivity index (χ0) is 5.98. The molecule has 1 fully saturated rings. The zero-order valence-electron chi connectivity index (χ0n) is 4.07. The molecular formula is C3H5NO4. The Morgan fingerprint density at radius 1 is 1.75 bits per heavy atom. The van der Waals surface area contributed by atoms with Crippen LogP contribution in [-0.4, -0.2) is 17.8 Å². The fraction of sp³-hybridized carbons (Fsp3) is 1.00. The van der Waals surface area contributed by atoms with E-state index in [1.54, 1.807) is 0 Å². The van der Waals surface area contributed by atoms with E-state index in [4.69, 9.17) is 0 Å². The van der Waals surface area contributed by atoms with Crippen LogP contribution in [0.4, 0.5) is 0 Å². The smallest absolute Gasteiger partial charge is 0.262 e. The van der Waals surface area contributed by atoms with Gasteiger partial charge in [0, 0.05) is 0 Å². The second-order valence-corrected chi connectivity index (χ2v) is 1.45. The van der Waals surface area contributed by atoms with E-state index in [1.165, 1.54) is 0 Å². The third-order valence-corrected chi connectivity index (χ3v) is 0.862. The van der Waals surface area contributed by atoms with Gasteiger partial charge in [-0.3, -0.25) is 10.1 Å². The van der Waals surface area contributed by atoms with E-state index in [-0.39, 0.29) is 0 Å². The maximum Gasteiger partial charge on any atom is 0.344 e. The lowest BCUT2D eigenvalue weighted by Crippen LogP contribution is -2.16.